The SMILES string of the molecule is CC(C)(C)N.I.O=C(O)C(F)(F)F. The van der Waals surface area contributed by atoms with Crippen molar-refractivity contribution >= 4 is 29.9 Å². The standard InChI is InChI=1S/C4H11N.C2HF3O2.HI/c1-4(2,3)5;3-2(4,5)1(6)7;/h5H2,1-3H3;(H,6,7);1H. The van der Waals surface area contributed by atoms with E-state index in [1.165, 1.54) is 0 Å². The monoisotopic (exact) mass is 315 g/mol. The molecule has 3 nitrogen and oxygen atoms in total. The number of nitrogens with two attached hydrogens (primary N) is 1. The molecule has 0 aliphatic heterocycles. The van der Waals surface area contributed by atoms with Crippen molar-refractivity contribution in [3.8, 4) is 0 Å². The molecule has 0 heterocycles. The second-order valence-corrected chi connectivity index (χ2v) is 3.17. The number of carbonyl (C=O) groups is 1. The molecule has 0 aromatic carbocycles. The van der Waals surface area contributed by atoms with Crippen molar-refractivity contribution in [1.29, 1.82) is 0 Å². The van der Waals surface area contributed by atoms with Gasteiger partial charge in [-0.25, -0.2) is 4.79 Å². The van der Waals surface area contributed by atoms with Gasteiger partial charge >= 0.3 is 12.1 Å². The number of halogens is 4. The first-order valence-corrected chi connectivity index (χ1v) is 3.03. The van der Waals surface area contributed by atoms with Crippen molar-refractivity contribution in [3.63, 3.8) is 0 Å². The van der Waals surface area contributed by atoms with E-state index in [0.29, 0.717) is 0 Å². The second kappa shape index (κ2) is 6.41. The highest BCUT2D eigenvalue weighted by Crippen LogP contribution is 2.13. The van der Waals surface area contributed by atoms with Crippen molar-refractivity contribution in [2.24, 2.45) is 5.73 Å². The third-order valence-electron chi connectivity index (χ3n) is 0.243. The summed E-state index contributed by atoms with van der Waals surface area (Å²) in [6, 6.07) is 0. The lowest BCUT2D eigenvalue weighted by molar-refractivity contribution is -0.192. The van der Waals surface area contributed by atoms with Crippen molar-refractivity contribution in [1.82, 2.24) is 0 Å². The summed E-state index contributed by atoms with van der Waals surface area (Å²) in [5.41, 5.74) is 5.35. The summed E-state index contributed by atoms with van der Waals surface area (Å²) < 4.78 is 31.7. The predicted molar refractivity (Wildman–Crippen MR) is 53.0 cm³/mol. The molecule has 0 aromatic heterocycles. The quantitative estimate of drug-likeness (QED) is 0.672. The molecule has 0 saturated heterocycles. The minimum atomic E-state index is -5.08. The van der Waals surface area contributed by atoms with Gasteiger partial charge < -0.3 is 10.8 Å². The van der Waals surface area contributed by atoms with E-state index in [-0.39, 0.29) is 29.5 Å². The third kappa shape index (κ3) is 33.4. The fraction of sp³-hybridized carbons (Fsp3) is 0.833. The molecule has 0 atom stereocenters. The van der Waals surface area contributed by atoms with Crippen LogP contribution in [0, 0.1) is 0 Å². The van der Waals surface area contributed by atoms with Gasteiger partial charge in [-0.15, -0.1) is 24.0 Å². The number of rotatable bonds is 0. The van der Waals surface area contributed by atoms with Gasteiger partial charge in [0.2, 0.25) is 0 Å². The van der Waals surface area contributed by atoms with E-state index in [2.05, 4.69) is 0 Å². The molecule has 7 heteroatoms. The van der Waals surface area contributed by atoms with Gasteiger partial charge in [-0.1, -0.05) is 0 Å². The largest absolute Gasteiger partial charge is 0.490 e. The van der Waals surface area contributed by atoms with E-state index >= 15 is 0 Å². The Kier molecular flexibility index (Phi) is 9.21. The van der Waals surface area contributed by atoms with Gasteiger partial charge in [0.25, 0.3) is 0 Å². The van der Waals surface area contributed by atoms with Crippen LogP contribution in [-0.2, 0) is 4.79 Å². The Bertz CT molecular complexity index is 147. The minimum Gasteiger partial charge on any atom is -0.475 e. The molecule has 0 aromatic rings. The molecule has 0 saturated carbocycles. The fourth-order valence-corrected chi connectivity index (χ4v) is 0. The highest BCUT2D eigenvalue weighted by Gasteiger charge is 2.38. The molecular weight excluding hydrogens is 302 g/mol. The van der Waals surface area contributed by atoms with Crippen LogP contribution in [0.5, 0.6) is 0 Å². The zero-order valence-electron chi connectivity index (χ0n) is 7.47. The number of hydrogen-bond acceptors (Lipinski definition) is 2. The smallest absolute Gasteiger partial charge is 0.475 e. The fourth-order valence-electron chi connectivity index (χ4n) is 0. The van der Waals surface area contributed by atoms with Crippen LogP contribution < -0.4 is 5.73 Å². The van der Waals surface area contributed by atoms with Gasteiger partial charge in [-0.3, -0.25) is 0 Å². The van der Waals surface area contributed by atoms with E-state index in [0.717, 1.165) is 0 Å². The number of carboxylic acid groups (broad SMARTS) is 1. The normalized spacial score (nSPS) is 10.7. The molecule has 0 radical (unpaired) electrons. The van der Waals surface area contributed by atoms with Crippen LogP contribution in [-0.4, -0.2) is 22.8 Å². The Balaban J connectivity index is -0.000000150. The van der Waals surface area contributed by atoms with Gasteiger partial charge in [-0.05, 0) is 20.8 Å². The van der Waals surface area contributed by atoms with Crippen LogP contribution in [0.4, 0.5) is 13.2 Å². The molecule has 0 amide bonds. The molecular formula is C6H13F3INO2. The van der Waals surface area contributed by atoms with E-state index in [9.17, 15) is 13.2 Å². The number of aliphatic carboxylic acids is 1. The Morgan fingerprint density at radius 1 is 1.23 bits per heavy atom. The number of alkyl halides is 3. The number of carboxylic acids is 1. The minimum absolute atomic E-state index is 0. The summed E-state index contributed by atoms with van der Waals surface area (Å²) in [7, 11) is 0. The maximum atomic E-state index is 10.6. The second-order valence-electron chi connectivity index (χ2n) is 3.17. The average Bonchev–Trinajstić information content (AvgIpc) is 1.55. The average molecular weight is 315 g/mol. The molecule has 82 valence electrons. The molecule has 13 heavy (non-hydrogen) atoms. The Morgan fingerprint density at radius 2 is 1.31 bits per heavy atom. The van der Waals surface area contributed by atoms with Gasteiger partial charge in [-0.2, -0.15) is 13.2 Å². The van der Waals surface area contributed by atoms with Crippen molar-refractivity contribution in [3.05, 3.63) is 0 Å². The van der Waals surface area contributed by atoms with Crippen LogP contribution in [0.2, 0.25) is 0 Å². The van der Waals surface area contributed by atoms with E-state index in [1.807, 2.05) is 20.8 Å². The van der Waals surface area contributed by atoms with Crippen molar-refractivity contribution in [2.75, 3.05) is 0 Å². The summed E-state index contributed by atoms with van der Waals surface area (Å²) in [6.07, 6.45) is -5.08. The van der Waals surface area contributed by atoms with Crippen molar-refractivity contribution in [2.45, 2.75) is 32.5 Å². The van der Waals surface area contributed by atoms with E-state index < -0.39 is 12.1 Å². The molecule has 0 bridgehead atoms. The first-order valence-electron chi connectivity index (χ1n) is 3.03. The first-order chi connectivity index (χ1) is 4.94. The molecule has 0 aliphatic carbocycles. The molecule has 0 unspecified atom stereocenters. The van der Waals surface area contributed by atoms with Crippen molar-refractivity contribution < 1.29 is 23.1 Å². The first kappa shape index (κ1) is 18.7. The van der Waals surface area contributed by atoms with E-state index in [1.54, 1.807) is 0 Å². The van der Waals surface area contributed by atoms with Gasteiger partial charge in [0.05, 0.1) is 0 Å². The maximum absolute atomic E-state index is 10.6. The van der Waals surface area contributed by atoms with Gasteiger partial charge in [0.1, 0.15) is 0 Å². The maximum Gasteiger partial charge on any atom is 0.490 e. The summed E-state index contributed by atoms with van der Waals surface area (Å²) in [6.45, 7) is 5.90. The Labute approximate surface area is 91.5 Å². The highest BCUT2D eigenvalue weighted by molar-refractivity contribution is 14.0. The highest BCUT2D eigenvalue weighted by atomic mass is 127. The van der Waals surface area contributed by atoms with Crippen LogP contribution in [0.1, 0.15) is 20.8 Å². The van der Waals surface area contributed by atoms with Crippen LogP contribution in [0.3, 0.4) is 0 Å². The van der Waals surface area contributed by atoms with Crippen LogP contribution >= 0.6 is 24.0 Å². The van der Waals surface area contributed by atoms with E-state index in [4.69, 9.17) is 15.6 Å². The zero-order chi connectivity index (χ0) is 10.6. The predicted octanol–water partition coefficient (Wildman–Crippen LogP) is 1.99. The lowest BCUT2D eigenvalue weighted by Gasteiger charge is -2.06. The zero-order valence-corrected chi connectivity index (χ0v) is 9.81. The van der Waals surface area contributed by atoms with Gasteiger partial charge in [0.15, 0.2) is 0 Å². The number of hydrogen-bond donors (Lipinski definition) is 2. The van der Waals surface area contributed by atoms with Gasteiger partial charge in [0, 0.05) is 5.54 Å². The molecule has 0 rings (SSSR count). The topological polar surface area (TPSA) is 63.3 Å². The Hall–Kier alpha value is -0.0500. The summed E-state index contributed by atoms with van der Waals surface area (Å²) in [5.74, 6) is -2.76. The lowest BCUT2D eigenvalue weighted by Crippen LogP contribution is -2.26. The molecule has 0 fully saturated rings. The third-order valence-corrected chi connectivity index (χ3v) is 0.243. The molecule has 0 spiro atoms. The summed E-state index contributed by atoms with van der Waals surface area (Å²) in [5, 5.41) is 7.12. The van der Waals surface area contributed by atoms with Crippen LogP contribution in [0.15, 0.2) is 0 Å². The molecule has 0 aliphatic rings. The summed E-state index contributed by atoms with van der Waals surface area (Å²) >= 11 is 0. The lowest BCUT2D eigenvalue weighted by atomic mass is 10.1. The van der Waals surface area contributed by atoms with Crippen LogP contribution in [0.25, 0.3) is 0 Å². The molecule has 3 N–H and O–H groups in total. The summed E-state index contributed by atoms with van der Waals surface area (Å²) in [4.78, 5) is 8.90. The Morgan fingerprint density at radius 3 is 1.31 bits per heavy atom.